The van der Waals surface area contributed by atoms with Crippen molar-refractivity contribution in [1.29, 1.82) is 0 Å². The second kappa shape index (κ2) is 16.4. The summed E-state index contributed by atoms with van der Waals surface area (Å²) in [6.45, 7) is 0.145. The highest BCUT2D eigenvalue weighted by Crippen LogP contribution is 2.43. The standard InChI is InChI=1S/C17H32Cl6O4Si/c18-14(19)6-10-17(11-7-15(20)21,12-8-16(22)23)9-4-2-1-3-5-13-27-28(24,25)26/h14-16,24-26H,1-13H2. The lowest BCUT2D eigenvalue weighted by molar-refractivity contribution is 0.0617. The van der Waals surface area contributed by atoms with Crippen molar-refractivity contribution in [3.05, 3.63) is 0 Å². The van der Waals surface area contributed by atoms with Gasteiger partial charge in [-0.3, -0.25) is 0 Å². The van der Waals surface area contributed by atoms with Crippen molar-refractivity contribution in [3.8, 4) is 0 Å². The molecule has 0 unspecified atom stereocenters. The van der Waals surface area contributed by atoms with Gasteiger partial charge in [0.2, 0.25) is 0 Å². The first kappa shape index (κ1) is 29.8. The summed E-state index contributed by atoms with van der Waals surface area (Å²) in [5.74, 6) is 0. The topological polar surface area (TPSA) is 69.9 Å². The molecule has 0 spiro atoms. The largest absolute Gasteiger partial charge is 0.671 e. The van der Waals surface area contributed by atoms with Gasteiger partial charge < -0.3 is 18.8 Å². The zero-order valence-electron chi connectivity index (χ0n) is 15.9. The zero-order valence-corrected chi connectivity index (χ0v) is 21.5. The minimum Gasteiger partial charge on any atom is -0.368 e. The van der Waals surface area contributed by atoms with E-state index in [1.54, 1.807) is 0 Å². The van der Waals surface area contributed by atoms with Crippen molar-refractivity contribution < 1.29 is 18.8 Å². The van der Waals surface area contributed by atoms with Crippen LogP contribution in [0.4, 0.5) is 0 Å². The van der Waals surface area contributed by atoms with Crippen molar-refractivity contribution in [1.82, 2.24) is 0 Å². The molecule has 28 heavy (non-hydrogen) atoms. The summed E-state index contributed by atoms with van der Waals surface area (Å²) in [6.07, 6.45) is 10.3. The molecule has 0 aliphatic rings. The van der Waals surface area contributed by atoms with Crippen molar-refractivity contribution in [2.24, 2.45) is 5.41 Å². The highest BCUT2D eigenvalue weighted by molar-refractivity contribution is 6.48. The van der Waals surface area contributed by atoms with Crippen LogP contribution in [0.15, 0.2) is 0 Å². The van der Waals surface area contributed by atoms with Gasteiger partial charge in [0.25, 0.3) is 0 Å². The van der Waals surface area contributed by atoms with E-state index in [2.05, 4.69) is 4.43 Å². The smallest absolute Gasteiger partial charge is 0.368 e. The first-order valence-electron chi connectivity index (χ1n) is 9.61. The molecule has 0 saturated heterocycles. The highest BCUT2D eigenvalue weighted by Gasteiger charge is 2.31. The molecule has 0 aromatic rings. The van der Waals surface area contributed by atoms with E-state index in [-0.39, 0.29) is 12.0 Å². The van der Waals surface area contributed by atoms with Gasteiger partial charge in [0, 0.05) is 6.61 Å². The highest BCUT2D eigenvalue weighted by atomic mass is 35.5. The molecular formula is C17H32Cl6O4Si. The van der Waals surface area contributed by atoms with Gasteiger partial charge in [-0.2, -0.15) is 0 Å². The average molecular weight is 541 g/mol. The van der Waals surface area contributed by atoms with Gasteiger partial charge in [-0.25, -0.2) is 0 Å². The Bertz CT molecular complexity index is 352. The Morgan fingerprint density at radius 1 is 0.607 bits per heavy atom. The van der Waals surface area contributed by atoms with Crippen molar-refractivity contribution >= 4 is 78.7 Å². The Hall–Kier alpha value is 1.80. The molecule has 11 heteroatoms. The Morgan fingerprint density at radius 3 is 1.39 bits per heavy atom. The zero-order chi connectivity index (χ0) is 21.6. The maximum absolute atomic E-state index is 8.79. The van der Waals surface area contributed by atoms with Crippen LogP contribution in [-0.2, 0) is 4.43 Å². The molecule has 0 aliphatic carbocycles. The normalized spacial score (nSPS) is 13.3. The Kier molecular flexibility index (Phi) is 17.5. The van der Waals surface area contributed by atoms with Crippen LogP contribution in [0.2, 0.25) is 0 Å². The summed E-state index contributed by atoms with van der Waals surface area (Å²) in [6, 6.07) is 0. The molecule has 0 radical (unpaired) electrons. The summed E-state index contributed by atoms with van der Waals surface area (Å²) in [7, 11) is -4.38. The van der Waals surface area contributed by atoms with E-state index in [4.69, 9.17) is 84.0 Å². The summed E-state index contributed by atoms with van der Waals surface area (Å²) in [5.41, 5.74) is 0.00503. The van der Waals surface area contributed by atoms with Crippen LogP contribution >= 0.6 is 69.6 Å². The molecule has 0 aliphatic heterocycles. The number of hydrogen-bond donors (Lipinski definition) is 3. The molecule has 0 heterocycles. The number of unbranched alkanes of at least 4 members (excludes halogenated alkanes) is 4. The SMILES string of the molecule is O[Si](O)(O)OCCCCCCCC(CCC(Cl)Cl)(CCC(Cl)Cl)CCC(Cl)Cl. The molecular weight excluding hydrogens is 509 g/mol. The first-order valence-corrected chi connectivity index (χ1v) is 14.0. The lowest BCUT2D eigenvalue weighted by Gasteiger charge is -2.35. The van der Waals surface area contributed by atoms with E-state index in [1.165, 1.54) is 0 Å². The fourth-order valence-corrected chi connectivity index (χ4v) is 4.41. The van der Waals surface area contributed by atoms with Crippen molar-refractivity contribution in [3.63, 3.8) is 0 Å². The third-order valence-corrected chi connectivity index (χ3v) is 6.73. The van der Waals surface area contributed by atoms with E-state index in [0.717, 1.165) is 51.4 Å². The summed E-state index contributed by atoms with van der Waals surface area (Å²) >= 11 is 35.8. The van der Waals surface area contributed by atoms with E-state index in [0.29, 0.717) is 25.7 Å². The van der Waals surface area contributed by atoms with Crippen molar-refractivity contribution in [2.75, 3.05) is 6.61 Å². The molecule has 4 nitrogen and oxygen atoms in total. The Morgan fingerprint density at radius 2 is 1.00 bits per heavy atom. The predicted octanol–water partition coefficient (Wildman–Crippen LogP) is 6.49. The van der Waals surface area contributed by atoms with E-state index in [9.17, 15) is 0 Å². The maximum Gasteiger partial charge on any atom is 0.671 e. The quantitative estimate of drug-likeness (QED) is 0.105. The van der Waals surface area contributed by atoms with Gasteiger partial charge in [0.05, 0.1) is 0 Å². The van der Waals surface area contributed by atoms with Crippen LogP contribution in [0.5, 0.6) is 0 Å². The fraction of sp³-hybridized carbons (Fsp3) is 1.00. The molecule has 0 fully saturated rings. The first-order chi connectivity index (χ1) is 13.0. The fourth-order valence-electron chi connectivity index (χ4n) is 3.34. The molecule has 0 atom stereocenters. The summed E-state index contributed by atoms with van der Waals surface area (Å²) in [5, 5.41) is 0. The van der Waals surface area contributed by atoms with Crippen LogP contribution in [0.1, 0.15) is 77.0 Å². The number of alkyl halides is 6. The molecule has 0 amide bonds. The van der Waals surface area contributed by atoms with E-state index >= 15 is 0 Å². The van der Waals surface area contributed by atoms with Gasteiger partial charge in [0.1, 0.15) is 14.5 Å². The van der Waals surface area contributed by atoms with Crippen LogP contribution in [-0.4, -0.2) is 44.6 Å². The monoisotopic (exact) mass is 538 g/mol. The van der Waals surface area contributed by atoms with E-state index < -0.39 is 23.6 Å². The second-order valence-corrected chi connectivity index (χ2v) is 12.5. The molecule has 0 saturated carbocycles. The Labute approximate surface area is 200 Å². The summed E-state index contributed by atoms with van der Waals surface area (Å²) < 4.78 is 4.58. The second-order valence-electron chi connectivity index (χ2n) is 7.23. The van der Waals surface area contributed by atoms with Crippen LogP contribution in [0.25, 0.3) is 0 Å². The lowest BCUT2D eigenvalue weighted by atomic mass is 9.72. The van der Waals surface area contributed by atoms with Gasteiger partial charge in [0.15, 0.2) is 0 Å². The number of hydrogen-bond acceptors (Lipinski definition) is 4. The van der Waals surface area contributed by atoms with Gasteiger partial charge in [-0.1, -0.05) is 25.7 Å². The predicted molar refractivity (Wildman–Crippen MR) is 123 cm³/mol. The van der Waals surface area contributed by atoms with Gasteiger partial charge >= 0.3 is 9.05 Å². The molecule has 170 valence electrons. The lowest BCUT2D eigenvalue weighted by Crippen LogP contribution is -2.39. The third-order valence-electron chi connectivity index (χ3n) is 4.83. The molecule has 0 aromatic carbocycles. The molecule has 0 bridgehead atoms. The van der Waals surface area contributed by atoms with Gasteiger partial charge in [-0.15, -0.1) is 69.6 Å². The minimum absolute atomic E-state index is 0.00503. The number of halogens is 6. The number of rotatable bonds is 18. The minimum atomic E-state index is -4.38. The summed E-state index contributed by atoms with van der Waals surface area (Å²) in [4.78, 5) is 25.1. The van der Waals surface area contributed by atoms with Crippen LogP contribution < -0.4 is 0 Å². The average Bonchev–Trinajstić information content (AvgIpc) is 2.56. The molecule has 3 N–H and O–H groups in total. The Balaban J connectivity index is 4.49. The van der Waals surface area contributed by atoms with Gasteiger partial charge in [-0.05, 0) is 56.8 Å². The maximum atomic E-state index is 8.79. The van der Waals surface area contributed by atoms with Crippen LogP contribution in [0.3, 0.4) is 0 Å². The molecule has 0 rings (SSSR count). The van der Waals surface area contributed by atoms with E-state index in [1.807, 2.05) is 0 Å². The van der Waals surface area contributed by atoms with Crippen molar-refractivity contribution in [2.45, 2.75) is 91.6 Å². The third kappa shape index (κ3) is 18.6. The van der Waals surface area contributed by atoms with Crippen LogP contribution in [0, 0.1) is 5.41 Å². The molecule has 0 aromatic heterocycles.